The third kappa shape index (κ3) is 4.66. The number of carbonyl (C=O) groups is 1. The minimum absolute atomic E-state index is 0.164. The minimum atomic E-state index is -4.31. The van der Waals surface area contributed by atoms with Gasteiger partial charge in [0.05, 0.1) is 17.6 Å². The zero-order chi connectivity index (χ0) is 17.1. The molecule has 23 heavy (non-hydrogen) atoms. The molecular formula is C17H21F3O2S. The maximum absolute atomic E-state index is 12.7. The summed E-state index contributed by atoms with van der Waals surface area (Å²) in [4.78, 5) is 12.6. The highest BCUT2D eigenvalue weighted by Gasteiger charge is 2.39. The highest BCUT2D eigenvalue weighted by molar-refractivity contribution is 8.00. The predicted octanol–water partition coefficient (Wildman–Crippen LogP) is 5.31. The predicted molar refractivity (Wildman–Crippen MR) is 84.3 cm³/mol. The molecule has 0 unspecified atom stereocenters. The number of thioether (sulfide) groups is 1. The van der Waals surface area contributed by atoms with Crippen molar-refractivity contribution in [3.63, 3.8) is 0 Å². The van der Waals surface area contributed by atoms with Crippen LogP contribution in [0.1, 0.15) is 45.1 Å². The van der Waals surface area contributed by atoms with Gasteiger partial charge in [-0.1, -0.05) is 6.07 Å². The van der Waals surface area contributed by atoms with Crippen molar-refractivity contribution in [2.75, 3.05) is 6.61 Å². The Balaban J connectivity index is 1.96. The molecule has 0 heterocycles. The van der Waals surface area contributed by atoms with Crippen LogP contribution in [0.3, 0.4) is 0 Å². The molecule has 0 radical (unpaired) electrons. The summed E-state index contributed by atoms with van der Waals surface area (Å²) in [6.45, 7) is 4.07. The van der Waals surface area contributed by atoms with Crippen molar-refractivity contribution < 1.29 is 22.7 Å². The standard InChI is InChI=1S/C17H21F3O2S/c1-3-22-15(21)16(2)9-7-13(8-10-16)23-14-6-4-5-12(11-14)17(18,19)20/h4-6,11,13H,3,7-10H2,1-2H3. The van der Waals surface area contributed by atoms with Gasteiger partial charge in [0.1, 0.15) is 0 Å². The van der Waals surface area contributed by atoms with Gasteiger partial charge in [-0.3, -0.25) is 4.79 Å². The first kappa shape index (κ1) is 18.2. The number of carbonyl (C=O) groups excluding carboxylic acids is 1. The molecule has 1 aromatic carbocycles. The van der Waals surface area contributed by atoms with Crippen LogP contribution in [0.25, 0.3) is 0 Å². The monoisotopic (exact) mass is 346 g/mol. The number of alkyl halides is 3. The van der Waals surface area contributed by atoms with Gasteiger partial charge in [0.25, 0.3) is 0 Å². The highest BCUT2D eigenvalue weighted by Crippen LogP contribution is 2.43. The topological polar surface area (TPSA) is 26.3 Å². The fourth-order valence-corrected chi connectivity index (χ4v) is 4.00. The van der Waals surface area contributed by atoms with Crippen LogP contribution in [0, 0.1) is 5.41 Å². The number of esters is 1. The van der Waals surface area contributed by atoms with E-state index < -0.39 is 17.2 Å². The van der Waals surface area contributed by atoms with Crippen molar-refractivity contribution >= 4 is 17.7 Å². The molecule has 0 atom stereocenters. The number of benzene rings is 1. The Bertz CT molecular complexity index is 549. The quantitative estimate of drug-likeness (QED) is 0.691. The molecule has 1 aliphatic rings. The van der Waals surface area contributed by atoms with Gasteiger partial charge in [-0.25, -0.2) is 0 Å². The number of halogens is 3. The molecule has 0 spiro atoms. The fourth-order valence-electron chi connectivity index (χ4n) is 2.79. The van der Waals surface area contributed by atoms with Crippen LogP contribution in [0.5, 0.6) is 0 Å². The molecule has 1 aromatic rings. The summed E-state index contributed by atoms with van der Waals surface area (Å²) in [6.07, 6.45) is -1.29. The van der Waals surface area contributed by atoms with Gasteiger partial charge >= 0.3 is 12.1 Å². The van der Waals surface area contributed by atoms with Gasteiger partial charge in [0.2, 0.25) is 0 Å². The maximum Gasteiger partial charge on any atom is 0.416 e. The van der Waals surface area contributed by atoms with Gasteiger partial charge in [0, 0.05) is 10.1 Å². The van der Waals surface area contributed by atoms with Crippen LogP contribution in [0.2, 0.25) is 0 Å². The van der Waals surface area contributed by atoms with E-state index in [2.05, 4.69) is 0 Å². The highest BCUT2D eigenvalue weighted by atomic mass is 32.2. The molecule has 2 nitrogen and oxygen atoms in total. The van der Waals surface area contributed by atoms with Gasteiger partial charge in [-0.2, -0.15) is 13.2 Å². The van der Waals surface area contributed by atoms with Gasteiger partial charge < -0.3 is 4.74 Å². The molecule has 1 aliphatic carbocycles. The van der Waals surface area contributed by atoms with E-state index >= 15 is 0 Å². The van der Waals surface area contributed by atoms with Crippen LogP contribution in [-0.2, 0) is 15.7 Å². The molecular weight excluding hydrogens is 325 g/mol. The largest absolute Gasteiger partial charge is 0.466 e. The van der Waals surface area contributed by atoms with Crippen molar-refractivity contribution in [2.45, 2.75) is 55.9 Å². The first-order chi connectivity index (χ1) is 10.7. The molecule has 0 saturated heterocycles. The average molecular weight is 346 g/mol. The molecule has 1 fully saturated rings. The van der Waals surface area contributed by atoms with Crippen LogP contribution in [0.4, 0.5) is 13.2 Å². The fraction of sp³-hybridized carbons (Fsp3) is 0.588. The molecule has 0 bridgehead atoms. The lowest BCUT2D eigenvalue weighted by Gasteiger charge is -2.35. The Morgan fingerprint density at radius 2 is 2.00 bits per heavy atom. The molecule has 0 aliphatic heterocycles. The second kappa shape index (κ2) is 7.16. The van der Waals surface area contributed by atoms with Crippen molar-refractivity contribution in [2.24, 2.45) is 5.41 Å². The Kier molecular flexibility index (Phi) is 5.65. The third-order valence-corrected chi connectivity index (χ3v) is 5.60. The summed E-state index contributed by atoms with van der Waals surface area (Å²) < 4.78 is 43.4. The Morgan fingerprint density at radius 3 is 2.57 bits per heavy atom. The summed E-state index contributed by atoms with van der Waals surface area (Å²) in [5, 5.41) is 0.237. The van der Waals surface area contributed by atoms with Crippen LogP contribution >= 0.6 is 11.8 Å². The lowest BCUT2D eigenvalue weighted by Crippen LogP contribution is -2.35. The molecule has 6 heteroatoms. The van der Waals surface area contributed by atoms with E-state index in [1.165, 1.54) is 23.9 Å². The summed E-state index contributed by atoms with van der Waals surface area (Å²) in [5.74, 6) is -0.164. The zero-order valence-electron chi connectivity index (χ0n) is 13.3. The number of hydrogen-bond donors (Lipinski definition) is 0. The van der Waals surface area contributed by atoms with Gasteiger partial charge in [-0.05, 0) is 57.7 Å². The van der Waals surface area contributed by atoms with E-state index in [1.54, 1.807) is 13.0 Å². The summed E-state index contributed by atoms with van der Waals surface area (Å²) in [5.41, 5.74) is -1.07. The van der Waals surface area contributed by atoms with Gasteiger partial charge in [-0.15, -0.1) is 11.8 Å². The van der Waals surface area contributed by atoms with Crippen LogP contribution < -0.4 is 0 Å². The van der Waals surface area contributed by atoms with E-state index in [1.807, 2.05) is 6.92 Å². The van der Waals surface area contributed by atoms with E-state index in [4.69, 9.17) is 4.74 Å². The van der Waals surface area contributed by atoms with E-state index in [0.29, 0.717) is 24.3 Å². The smallest absolute Gasteiger partial charge is 0.416 e. The van der Waals surface area contributed by atoms with Crippen molar-refractivity contribution in [3.05, 3.63) is 29.8 Å². The first-order valence-corrected chi connectivity index (χ1v) is 8.64. The Morgan fingerprint density at radius 1 is 1.35 bits per heavy atom. The molecule has 1 saturated carbocycles. The van der Waals surface area contributed by atoms with E-state index in [0.717, 1.165) is 18.9 Å². The summed E-state index contributed by atoms with van der Waals surface area (Å²) >= 11 is 1.47. The van der Waals surface area contributed by atoms with E-state index in [9.17, 15) is 18.0 Å². The Labute approximate surface area is 138 Å². The molecule has 0 N–H and O–H groups in total. The van der Waals surface area contributed by atoms with Crippen LogP contribution in [0.15, 0.2) is 29.2 Å². The minimum Gasteiger partial charge on any atom is -0.466 e. The number of hydrogen-bond acceptors (Lipinski definition) is 3. The van der Waals surface area contributed by atoms with Crippen molar-refractivity contribution in [3.8, 4) is 0 Å². The molecule has 0 amide bonds. The average Bonchev–Trinajstić information content (AvgIpc) is 2.49. The molecule has 2 rings (SSSR count). The van der Waals surface area contributed by atoms with Crippen LogP contribution in [-0.4, -0.2) is 17.8 Å². The maximum atomic E-state index is 12.7. The number of rotatable bonds is 4. The lowest BCUT2D eigenvalue weighted by atomic mass is 9.75. The number of ether oxygens (including phenoxy) is 1. The molecule has 0 aromatic heterocycles. The van der Waals surface area contributed by atoms with Gasteiger partial charge in [0.15, 0.2) is 0 Å². The second-order valence-electron chi connectivity index (χ2n) is 6.12. The SMILES string of the molecule is CCOC(=O)C1(C)CCC(Sc2cccc(C(F)(F)F)c2)CC1. The zero-order valence-corrected chi connectivity index (χ0v) is 14.1. The first-order valence-electron chi connectivity index (χ1n) is 7.76. The Hall–Kier alpha value is -1.17. The lowest BCUT2D eigenvalue weighted by molar-refractivity contribution is -0.156. The van der Waals surface area contributed by atoms with Crippen molar-refractivity contribution in [1.82, 2.24) is 0 Å². The molecule has 128 valence electrons. The van der Waals surface area contributed by atoms with E-state index in [-0.39, 0.29) is 11.2 Å². The summed E-state index contributed by atoms with van der Waals surface area (Å²) in [6, 6.07) is 5.43. The second-order valence-corrected chi connectivity index (χ2v) is 7.50. The third-order valence-electron chi connectivity index (χ3n) is 4.27. The summed E-state index contributed by atoms with van der Waals surface area (Å²) in [7, 11) is 0. The normalized spacial score (nSPS) is 25.2. The van der Waals surface area contributed by atoms with Crippen molar-refractivity contribution in [1.29, 1.82) is 0 Å².